The third-order valence-electron chi connectivity index (χ3n) is 2.26. The van der Waals surface area contributed by atoms with Gasteiger partial charge < -0.3 is 14.4 Å². The van der Waals surface area contributed by atoms with Crippen LogP contribution in [-0.4, -0.2) is 35.1 Å². The Labute approximate surface area is 89.6 Å². The van der Waals surface area contributed by atoms with Crippen molar-refractivity contribution in [2.75, 3.05) is 13.1 Å². The van der Waals surface area contributed by atoms with E-state index in [0.29, 0.717) is 29.7 Å². The van der Waals surface area contributed by atoms with Crippen LogP contribution in [0.4, 0.5) is 0 Å². The Morgan fingerprint density at radius 1 is 1.71 bits per heavy atom. The third kappa shape index (κ3) is 1.83. The summed E-state index contributed by atoms with van der Waals surface area (Å²) in [6.07, 6.45) is 1.69. The minimum Gasteiger partial charge on any atom is -0.457 e. The number of likely N-dealkylation sites (tertiary alicyclic amines) is 1. The fraction of sp³-hybridized carbons (Fsp3) is 0.444. The van der Waals surface area contributed by atoms with Gasteiger partial charge in [0.05, 0.1) is 11.7 Å². The first-order chi connectivity index (χ1) is 6.66. The second kappa shape index (κ2) is 3.74. The van der Waals surface area contributed by atoms with Gasteiger partial charge in [-0.15, -0.1) is 0 Å². The van der Waals surface area contributed by atoms with Gasteiger partial charge in [-0.1, -0.05) is 0 Å². The fourth-order valence-electron chi connectivity index (χ4n) is 1.53. The van der Waals surface area contributed by atoms with E-state index in [1.807, 2.05) is 0 Å². The van der Waals surface area contributed by atoms with Crippen LogP contribution in [-0.2, 0) is 0 Å². The number of furan rings is 1. The molecular weight excluding hydrogens is 250 g/mol. The first-order valence-electron chi connectivity index (χ1n) is 4.38. The minimum absolute atomic E-state index is 0.0870. The van der Waals surface area contributed by atoms with Gasteiger partial charge >= 0.3 is 0 Å². The predicted molar refractivity (Wildman–Crippen MR) is 52.9 cm³/mol. The summed E-state index contributed by atoms with van der Waals surface area (Å²) in [6, 6.07) is 1.63. The smallest absolute Gasteiger partial charge is 0.257 e. The van der Waals surface area contributed by atoms with Crippen LogP contribution in [0.1, 0.15) is 16.8 Å². The predicted octanol–water partition coefficient (Wildman–Crippen LogP) is 1.25. The molecule has 0 spiro atoms. The summed E-state index contributed by atoms with van der Waals surface area (Å²) in [5.41, 5.74) is 0.519. The fourth-order valence-corrected chi connectivity index (χ4v) is 1.87. The number of nitrogens with zero attached hydrogens (tertiary/aromatic N) is 1. The van der Waals surface area contributed by atoms with E-state index >= 15 is 0 Å². The largest absolute Gasteiger partial charge is 0.457 e. The number of amides is 1. The second-order valence-electron chi connectivity index (χ2n) is 3.33. The van der Waals surface area contributed by atoms with Crippen molar-refractivity contribution in [1.29, 1.82) is 0 Å². The molecule has 0 aliphatic carbocycles. The van der Waals surface area contributed by atoms with Gasteiger partial charge in [-0.25, -0.2) is 0 Å². The lowest BCUT2D eigenvalue weighted by Crippen LogP contribution is -2.29. The Bertz CT molecular complexity index is 350. The highest BCUT2D eigenvalue weighted by Gasteiger charge is 2.26. The number of hydrogen-bond donors (Lipinski definition) is 1. The van der Waals surface area contributed by atoms with E-state index in [-0.39, 0.29) is 12.0 Å². The van der Waals surface area contributed by atoms with Crippen LogP contribution in [0.5, 0.6) is 0 Å². The number of β-amino-alcohol motifs (C(OH)–C–C–N with tert-alkyl or cyclic N) is 1. The molecule has 0 saturated carbocycles. The molecule has 0 unspecified atom stereocenters. The van der Waals surface area contributed by atoms with Crippen LogP contribution in [0, 0.1) is 0 Å². The Kier molecular flexibility index (Phi) is 2.60. The van der Waals surface area contributed by atoms with Crippen molar-refractivity contribution in [3.8, 4) is 0 Å². The highest BCUT2D eigenvalue weighted by atomic mass is 79.9. The molecule has 1 N–H and O–H groups in total. The molecule has 1 atom stereocenters. The molecule has 1 aromatic rings. The molecule has 5 heteroatoms. The van der Waals surface area contributed by atoms with E-state index in [0.717, 1.165) is 0 Å². The molecule has 1 aliphatic heterocycles. The van der Waals surface area contributed by atoms with Crippen LogP contribution in [0.3, 0.4) is 0 Å². The standard InChI is InChI=1S/C9H10BrNO3/c10-8-3-6(5-14-8)9(13)11-2-1-7(12)4-11/h3,5,7,12H,1-2,4H2/t7-/m0/s1. The number of carbonyl (C=O) groups excluding carboxylic acids is 1. The Morgan fingerprint density at radius 2 is 2.50 bits per heavy atom. The quantitative estimate of drug-likeness (QED) is 0.826. The zero-order valence-electron chi connectivity index (χ0n) is 7.44. The van der Waals surface area contributed by atoms with Crippen LogP contribution < -0.4 is 0 Å². The number of rotatable bonds is 1. The summed E-state index contributed by atoms with van der Waals surface area (Å²) < 4.78 is 5.52. The average Bonchev–Trinajstić information content (AvgIpc) is 2.73. The lowest BCUT2D eigenvalue weighted by atomic mass is 10.3. The Hall–Kier alpha value is -0.810. The number of aliphatic hydroxyl groups excluding tert-OH is 1. The summed E-state index contributed by atoms with van der Waals surface area (Å²) in [4.78, 5) is 13.4. The molecule has 0 aromatic carbocycles. The molecule has 1 aliphatic rings. The van der Waals surface area contributed by atoms with E-state index in [1.165, 1.54) is 6.26 Å². The Balaban J connectivity index is 2.09. The minimum atomic E-state index is -0.380. The van der Waals surface area contributed by atoms with Gasteiger partial charge in [-0.05, 0) is 22.4 Å². The van der Waals surface area contributed by atoms with Gasteiger partial charge in [-0.2, -0.15) is 0 Å². The van der Waals surface area contributed by atoms with Crippen LogP contribution in [0.15, 0.2) is 21.4 Å². The molecular formula is C9H10BrNO3. The maximum absolute atomic E-state index is 11.7. The molecule has 1 saturated heterocycles. The summed E-state index contributed by atoms with van der Waals surface area (Å²) in [6.45, 7) is 1.03. The number of aliphatic hydroxyl groups is 1. The van der Waals surface area contributed by atoms with Crippen molar-refractivity contribution in [2.24, 2.45) is 0 Å². The number of carbonyl (C=O) groups is 1. The highest BCUT2D eigenvalue weighted by molar-refractivity contribution is 9.10. The molecule has 0 radical (unpaired) electrons. The van der Waals surface area contributed by atoms with E-state index in [4.69, 9.17) is 4.42 Å². The molecule has 4 nitrogen and oxygen atoms in total. The molecule has 14 heavy (non-hydrogen) atoms. The number of halogens is 1. The monoisotopic (exact) mass is 259 g/mol. The van der Waals surface area contributed by atoms with Crippen molar-refractivity contribution in [2.45, 2.75) is 12.5 Å². The van der Waals surface area contributed by atoms with Crippen molar-refractivity contribution in [3.63, 3.8) is 0 Å². The van der Waals surface area contributed by atoms with Crippen molar-refractivity contribution >= 4 is 21.8 Å². The normalized spacial score (nSPS) is 21.6. The molecule has 76 valence electrons. The van der Waals surface area contributed by atoms with Crippen LogP contribution >= 0.6 is 15.9 Å². The molecule has 1 aromatic heterocycles. The summed E-state index contributed by atoms with van der Waals surface area (Å²) in [5, 5.41) is 9.27. The zero-order valence-corrected chi connectivity index (χ0v) is 9.03. The SMILES string of the molecule is O=C(c1coc(Br)c1)N1CC[C@H](O)C1. The summed E-state index contributed by atoms with van der Waals surface area (Å²) in [7, 11) is 0. The topological polar surface area (TPSA) is 53.7 Å². The van der Waals surface area contributed by atoms with Gasteiger partial charge in [0.2, 0.25) is 0 Å². The second-order valence-corrected chi connectivity index (χ2v) is 4.11. The third-order valence-corrected chi connectivity index (χ3v) is 2.68. The highest BCUT2D eigenvalue weighted by Crippen LogP contribution is 2.18. The van der Waals surface area contributed by atoms with Gasteiger partial charge in [0, 0.05) is 19.2 Å². The van der Waals surface area contributed by atoms with E-state index in [9.17, 15) is 9.90 Å². The van der Waals surface area contributed by atoms with Crippen molar-refractivity contribution in [3.05, 3.63) is 22.6 Å². The molecule has 2 rings (SSSR count). The molecule has 1 amide bonds. The Morgan fingerprint density at radius 3 is 3.00 bits per heavy atom. The van der Waals surface area contributed by atoms with Crippen molar-refractivity contribution < 1.29 is 14.3 Å². The van der Waals surface area contributed by atoms with E-state index < -0.39 is 0 Å². The molecule has 1 fully saturated rings. The first kappa shape index (κ1) is 9.73. The molecule has 0 bridgehead atoms. The van der Waals surface area contributed by atoms with Gasteiger partial charge in [0.15, 0.2) is 4.67 Å². The first-order valence-corrected chi connectivity index (χ1v) is 5.17. The van der Waals surface area contributed by atoms with Gasteiger partial charge in [0.25, 0.3) is 5.91 Å². The lowest BCUT2D eigenvalue weighted by Gasteiger charge is -2.13. The van der Waals surface area contributed by atoms with Crippen molar-refractivity contribution in [1.82, 2.24) is 4.90 Å². The van der Waals surface area contributed by atoms with E-state index in [2.05, 4.69) is 15.9 Å². The average molecular weight is 260 g/mol. The van der Waals surface area contributed by atoms with Crippen LogP contribution in [0.2, 0.25) is 0 Å². The molecule has 2 heterocycles. The summed E-state index contributed by atoms with van der Waals surface area (Å²) >= 11 is 3.13. The van der Waals surface area contributed by atoms with Gasteiger partial charge in [-0.3, -0.25) is 4.79 Å². The van der Waals surface area contributed by atoms with E-state index in [1.54, 1.807) is 11.0 Å². The zero-order chi connectivity index (χ0) is 10.1. The van der Waals surface area contributed by atoms with Gasteiger partial charge in [0.1, 0.15) is 6.26 Å². The summed E-state index contributed by atoms with van der Waals surface area (Å²) in [5.74, 6) is -0.0870. The maximum Gasteiger partial charge on any atom is 0.257 e. The lowest BCUT2D eigenvalue weighted by molar-refractivity contribution is 0.0764. The van der Waals surface area contributed by atoms with Crippen LogP contribution in [0.25, 0.3) is 0 Å². The maximum atomic E-state index is 11.7. The number of hydrogen-bond acceptors (Lipinski definition) is 3.